The number of benzene rings is 3. The number of aromatic nitrogens is 1. The van der Waals surface area contributed by atoms with Crippen molar-refractivity contribution in [3.63, 3.8) is 0 Å². The van der Waals surface area contributed by atoms with E-state index in [2.05, 4.69) is 24.5 Å². The van der Waals surface area contributed by atoms with Crippen LogP contribution in [0.15, 0.2) is 60.7 Å². The maximum Gasteiger partial charge on any atom is 0.161 e. The summed E-state index contributed by atoms with van der Waals surface area (Å²) >= 11 is 0. The number of phenols is 2. The average molecular weight is 418 g/mol. The largest absolute Gasteiger partial charge is 0.508 e. The lowest BCUT2D eigenvalue weighted by Crippen LogP contribution is -2.04. The van der Waals surface area contributed by atoms with Gasteiger partial charge in [0.2, 0.25) is 0 Å². The second-order valence-electron chi connectivity index (χ2n) is 7.64. The lowest BCUT2D eigenvalue weighted by molar-refractivity contribution is 0.294. The zero-order chi connectivity index (χ0) is 22.0. The quantitative estimate of drug-likeness (QED) is 0.394. The highest BCUT2D eigenvalue weighted by Crippen LogP contribution is 2.37. The molecule has 4 rings (SSSR count). The van der Waals surface area contributed by atoms with E-state index in [0.29, 0.717) is 18.9 Å². The van der Waals surface area contributed by atoms with Crippen molar-refractivity contribution >= 4 is 10.9 Å². The summed E-state index contributed by atoms with van der Waals surface area (Å²) in [6, 6.07) is 18.7. The highest BCUT2D eigenvalue weighted by Gasteiger charge is 2.17. The molecule has 0 unspecified atom stereocenters. The standard InChI is InChI=1S/C26H27NO4/c1-4-13-31-24-12-5-18(14-25(24)30-3)16-27-23-11-10-21(29)15-22(23)17(2)26(27)19-6-8-20(28)9-7-19/h5-12,14-15,28-29H,4,13,16H2,1-3H3. The van der Waals surface area contributed by atoms with Crippen molar-refractivity contribution in [2.24, 2.45) is 0 Å². The number of aryl methyl sites for hydroxylation is 1. The molecule has 3 aromatic carbocycles. The Kier molecular flexibility index (Phi) is 5.76. The fourth-order valence-electron chi connectivity index (χ4n) is 3.99. The Labute approximate surface area is 182 Å². The van der Waals surface area contributed by atoms with Crippen LogP contribution in [-0.4, -0.2) is 28.5 Å². The van der Waals surface area contributed by atoms with Gasteiger partial charge < -0.3 is 24.3 Å². The minimum Gasteiger partial charge on any atom is -0.508 e. The normalized spacial score (nSPS) is 11.1. The van der Waals surface area contributed by atoms with Gasteiger partial charge in [-0.05, 0) is 84.6 Å². The highest BCUT2D eigenvalue weighted by atomic mass is 16.5. The summed E-state index contributed by atoms with van der Waals surface area (Å²) in [5, 5.41) is 20.8. The number of ether oxygens (including phenoxy) is 2. The molecule has 0 aliphatic carbocycles. The first-order valence-corrected chi connectivity index (χ1v) is 10.4. The number of phenolic OH excluding ortho intramolecular Hbond substituents is 2. The summed E-state index contributed by atoms with van der Waals surface area (Å²) in [5.74, 6) is 1.92. The molecule has 5 heteroatoms. The SMILES string of the molecule is CCCOc1ccc(Cn2c(-c3ccc(O)cc3)c(C)c3cc(O)ccc32)cc1OC. The average Bonchev–Trinajstić information content (AvgIpc) is 3.04. The van der Waals surface area contributed by atoms with Gasteiger partial charge in [-0.2, -0.15) is 0 Å². The van der Waals surface area contributed by atoms with Crippen LogP contribution >= 0.6 is 0 Å². The summed E-state index contributed by atoms with van der Waals surface area (Å²) in [6.07, 6.45) is 0.933. The molecule has 160 valence electrons. The lowest BCUT2D eigenvalue weighted by atomic mass is 10.1. The van der Waals surface area contributed by atoms with Crippen molar-refractivity contribution in [1.82, 2.24) is 4.57 Å². The van der Waals surface area contributed by atoms with Gasteiger partial charge >= 0.3 is 0 Å². The number of hydrogen-bond donors (Lipinski definition) is 2. The van der Waals surface area contributed by atoms with Gasteiger partial charge in [-0.3, -0.25) is 0 Å². The first-order chi connectivity index (χ1) is 15.0. The zero-order valence-corrected chi connectivity index (χ0v) is 18.1. The smallest absolute Gasteiger partial charge is 0.161 e. The molecule has 5 nitrogen and oxygen atoms in total. The minimum atomic E-state index is 0.231. The fraction of sp³-hybridized carbons (Fsp3) is 0.231. The Morgan fingerprint density at radius 3 is 2.32 bits per heavy atom. The molecule has 2 N–H and O–H groups in total. The monoisotopic (exact) mass is 417 g/mol. The summed E-state index contributed by atoms with van der Waals surface area (Å²) in [6.45, 7) is 5.40. The van der Waals surface area contributed by atoms with Crippen LogP contribution in [0.2, 0.25) is 0 Å². The van der Waals surface area contributed by atoms with Gasteiger partial charge in [0, 0.05) is 17.4 Å². The molecule has 0 atom stereocenters. The maximum atomic E-state index is 10.0. The van der Waals surface area contributed by atoms with Crippen molar-refractivity contribution in [2.45, 2.75) is 26.8 Å². The molecule has 0 aliphatic rings. The number of hydrogen-bond acceptors (Lipinski definition) is 4. The van der Waals surface area contributed by atoms with Crippen molar-refractivity contribution in [2.75, 3.05) is 13.7 Å². The predicted molar refractivity (Wildman–Crippen MR) is 123 cm³/mol. The summed E-state index contributed by atoms with van der Waals surface area (Å²) in [4.78, 5) is 0. The van der Waals surface area contributed by atoms with Gasteiger partial charge in [0.05, 0.1) is 19.4 Å². The van der Waals surface area contributed by atoms with Crippen LogP contribution in [0, 0.1) is 6.92 Å². The van der Waals surface area contributed by atoms with E-state index in [4.69, 9.17) is 9.47 Å². The second kappa shape index (κ2) is 8.64. The molecule has 0 spiro atoms. The first-order valence-electron chi connectivity index (χ1n) is 10.4. The number of aromatic hydroxyl groups is 2. The number of methoxy groups -OCH3 is 1. The molecule has 0 aliphatic heterocycles. The third-order valence-corrected chi connectivity index (χ3v) is 5.47. The van der Waals surface area contributed by atoms with Crippen molar-refractivity contribution in [1.29, 1.82) is 0 Å². The first kappa shape index (κ1) is 20.7. The zero-order valence-electron chi connectivity index (χ0n) is 18.1. The van der Waals surface area contributed by atoms with E-state index in [-0.39, 0.29) is 11.5 Å². The maximum absolute atomic E-state index is 10.0. The molecule has 0 fully saturated rings. The van der Waals surface area contributed by atoms with Gasteiger partial charge in [0.1, 0.15) is 11.5 Å². The molecule has 4 aromatic rings. The molecule has 31 heavy (non-hydrogen) atoms. The van der Waals surface area contributed by atoms with Gasteiger partial charge in [-0.1, -0.05) is 13.0 Å². The topological polar surface area (TPSA) is 63.9 Å². The van der Waals surface area contributed by atoms with Crippen molar-refractivity contribution in [3.8, 4) is 34.3 Å². The van der Waals surface area contributed by atoms with Crippen LogP contribution in [-0.2, 0) is 6.54 Å². The molecular weight excluding hydrogens is 390 g/mol. The molecular formula is C26H27NO4. The fourth-order valence-corrected chi connectivity index (χ4v) is 3.99. The number of rotatable bonds is 7. The number of fused-ring (bicyclic) bond motifs is 1. The van der Waals surface area contributed by atoms with Crippen molar-refractivity contribution in [3.05, 3.63) is 71.8 Å². The van der Waals surface area contributed by atoms with E-state index in [1.165, 1.54) is 0 Å². The Morgan fingerprint density at radius 2 is 1.61 bits per heavy atom. The van der Waals surface area contributed by atoms with Crippen LogP contribution < -0.4 is 9.47 Å². The molecule has 0 radical (unpaired) electrons. The molecule has 1 heterocycles. The molecule has 0 amide bonds. The second-order valence-corrected chi connectivity index (χ2v) is 7.64. The minimum absolute atomic E-state index is 0.231. The Balaban J connectivity index is 1.83. The lowest BCUT2D eigenvalue weighted by Gasteiger charge is -2.15. The van der Waals surface area contributed by atoms with E-state index in [0.717, 1.165) is 45.5 Å². The molecule has 0 bridgehead atoms. The molecule has 0 saturated heterocycles. The van der Waals surface area contributed by atoms with E-state index < -0.39 is 0 Å². The van der Waals surface area contributed by atoms with Crippen molar-refractivity contribution < 1.29 is 19.7 Å². The van der Waals surface area contributed by atoms with Crippen LogP contribution in [0.5, 0.6) is 23.0 Å². The molecule has 1 aromatic heterocycles. The Bertz CT molecular complexity index is 1210. The Hall–Kier alpha value is -3.60. The van der Waals surface area contributed by atoms with E-state index in [1.807, 2.05) is 30.3 Å². The van der Waals surface area contributed by atoms with Gasteiger partial charge in [0.15, 0.2) is 11.5 Å². The number of nitrogens with zero attached hydrogens (tertiary/aromatic N) is 1. The van der Waals surface area contributed by atoms with Gasteiger partial charge in [-0.25, -0.2) is 0 Å². The van der Waals surface area contributed by atoms with E-state index >= 15 is 0 Å². The summed E-state index contributed by atoms with van der Waals surface area (Å²) in [7, 11) is 1.65. The van der Waals surface area contributed by atoms with Crippen LogP contribution in [0.4, 0.5) is 0 Å². The van der Waals surface area contributed by atoms with Crippen LogP contribution in [0.25, 0.3) is 22.2 Å². The third-order valence-electron chi connectivity index (χ3n) is 5.47. The van der Waals surface area contributed by atoms with E-state index in [1.54, 1.807) is 31.4 Å². The summed E-state index contributed by atoms with van der Waals surface area (Å²) in [5.41, 5.74) is 5.23. The van der Waals surface area contributed by atoms with Gasteiger partial charge in [-0.15, -0.1) is 0 Å². The Morgan fingerprint density at radius 1 is 0.871 bits per heavy atom. The van der Waals surface area contributed by atoms with Crippen LogP contribution in [0.1, 0.15) is 24.5 Å². The van der Waals surface area contributed by atoms with Gasteiger partial charge in [0.25, 0.3) is 0 Å². The van der Waals surface area contributed by atoms with E-state index in [9.17, 15) is 10.2 Å². The predicted octanol–water partition coefficient (Wildman–Crippen LogP) is 5.87. The molecule has 0 saturated carbocycles. The third kappa shape index (κ3) is 4.04. The van der Waals surface area contributed by atoms with Crippen LogP contribution in [0.3, 0.4) is 0 Å². The highest BCUT2D eigenvalue weighted by molar-refractivity contribution is 5.92. The summed E-state index contributed by atoms with van der Waals surface area (Å²) < 4.78 is 13.6.